The molecule has 8 nitrogen and oxygen atoms in total. The van der Waals surface area contributed by atoms with Gasteiger partial charge < -0.3 is 9.90 Å². The molecule has 0 radical (unpaired) electrons. The summed E-state index contributed by atoms with van der Waals surface area (Å²) >= 11 is 0. The molecule has 0 amide bonds. The molecule has 0 unspecified atom stereocenters. The monoisotopic (exact) mass is 273 g/mol. The fraction of sp³-hybridized carbons (Fsp3) is 0.222. The lowest BCUT2D eigenvalue weighted by molar-refractivity contribution is -0.387. The van der Waals surface area contributed by atoms with E-state index in [0.29, 0.717) is 0 Å². The maximum atomic E-state index is 11.7. The van der Waals surface area contributed by atoms with Crippen LogP contribution >= 0.6 is 0 Å². The average molecular weight is 273 g/mol. The molecule has 0 aliphatic carbocycles. The van der Waals surface area contributed by atoms with Gasteiger partial charge in [0.05, 0.1) is 4.92 Å². The Bertz CT molecular complexity index is 568. The van der Waals surface area contributed by atoms with E-state index in [-0.39, 0.29) is 0 Å². The fourth-order valence-electron chi connectivity index (χ4n) is 1.20. The SMILES string of the molecule is O=C([O-])CCNS(=O)(=O)c1ccccc1[N+](=O)[O-]. The number of benzene rings is 1. The zero-order valence-corrected chi connectivity index (χ0v) is 9.85. The van der Waals surface area contributed by atoms with Crippen LogP contribution in [0.1, 0.15) is 6.42 Å². The topological polar surface area (TPSA) is 129 Å². The second-order valence-electron chi connectivity index (χ2n) is 3.24. The Hall–Kier alpha value is -2.00. The van der Waals surface area contributed by atoms with Crippen LogP contribution in [0.5, 0.6) is 0 Å². The van der Waals surface area contributed by atoms with E-state index in [1.54, 1.807) is 0 Å². The van der Waals surface area contributed by atoms with Gasteiger partial charge in [-0.2, -0.15) is 0 Å². The smallest absolute Gasteiger partial charge is 0.289 e. The van der Waals surface area contributed by atoms with Crippen molar-refractivity contribution in [3.05, 3.63) is 34.4 Å². The van der Waals surface area contributed by atoms with Gasteiger partial charge in [-0.3, -0.25) is 10.1 Å². The number of para-hydroxylation sites is 1. The molecular formula is C9H9N2O6S-. The van der Waals surface area contributed by atoms with Gasteiger partial charge in [-0.15, -0.1) is 0 Å². The normalized spacial score (nSPS) is 11.1. The minimum atomic E-state index is -4.11. The highest BCUT2D eigenvalue weighted by Crippen LogP contribution is 2.22. The van der Waals surface area contributed by atoms with Crippen molar-refractivity contribution in [1.29, 1.82) is 0 Å². The summed E-state index contributed by atoms with van der Waals surface area (Å²) in [5, 5.41) is 20.8. The number of rotatable bonds is 6. The van der Waals surface area contributed by atoms with Gasteiger partial charge in [0.15, 0.2) is 4.90 Å². The van der Waals surface area contributed by atoms with E-state index in [0.717, 1.165) is 12.1 Å². The van der Waals surface area contributed by atoms with Crippen molar-refractivity contribution in [3.8, 4) is 0 Å². The van der Waals surface area contributed by atoms with Crippen LogP contribution < -0.4 is 9.83 Å². The fourth-order valence-corrected chi connectivity index (χ4v) is 2.40. The number of carbonyl (C=O) groups is 1. The maximum absolute atomic E-state index is 11.7. The van der Waals surface area contributed by atoms with Crippen molar-refractivity contribution in [1.82, 2.24) is 4.72 Å². The Kier molecular flexibility index (Phi) is 4.34. The molecule has 0 heterocycles. The number of nitrogens with zero attached hydrogens (tertiary/aromatic N) is 1. The molecule has 1 N–H and O–H groups in total. The second-order valence-corrected chi connectivity index (χ2v) is 4.98. The van der Waals surface area contributed by atoms with Gasteiger partial charge in [-0.25, -0.2) is 13.1 Å². The number of carbonyl (C=O) groups excluding carboxylic acids is 1. The number of carboxylic acids is 1. The summed E-state index contributed by atoms with van der Waals surface area (Å²) in [5.74, 6) is -1.42. The minimum Gasteiger partial charge on any atom is -0.550 e. The quantitative estimate of drug-likeness (QED) is 0.523. The zero-order chi connectivity index (χ0) is 13.8. The summed E-state index contributed by atoms with van der Waals surface area (Å²) in [6.07, 6.45) is -0.514. The molecule has 0 aromatic heterocycles. The molecule has 0 saturated carbocycles. The molecular weight excluding hydrogens is 264 g/mol. The van der Waals surface area contributed by atoms with E-state index in [4.69, 9.17) is 0 Å². The molecule has 1 aromatic carbocycles. The maximum Gasteiger partial charge on any atom is 0.289 e. The van der Waals surface area contributed by atoms with E-state index in [2.05, 4.69) is 0 Å². The Morgan fingerprint density at radius 3 is 2.50 bits per heavy atom. The predicted octanol–water partition coefficient (Wildman–Crippen LogP) is -0.987. The highest BCUT2D eigenvalue weighted by atomic mass is 32.2. The molecule has 0 spiro atoms. The Labute approximate surface area is 102 Å². The van der Waals surface area contributed by atoms with Gasteiger partial charge in [0, 0.05) is 25.0 Å². The minimum absolute atomic E-state index is 0.392. The number of hydrogen-bond donors (Lipinski definition) is 1. The van der Waals surface area contributed by atoms with E-state index in [9.17, 15) is 28.4 Å². The summed E-state index contributed by atoms with van der Waals surface area (Å²) < 4.78 is 25.4. The molecule has 9 heteroatoms. The van der Waals surface area contributed by atoms with Gasteiger partial charge in [-0.1, -0.05) is 12.1 Å². The number of carboxylic acid groups (broad SMARTS) is 1. The van der Waals surface area contributed by atoms with Crippen LogP contribution in [0.2, 0.25) is 0 Å². The number of nitro benzene ring substituents is 1. The first-order valence-corrected chi connectivity index (χ1v) is 6.26. The number of sulfonamides is 1. The molecule has 0 fully saturated rings. The number of nitro groups is 1. The van der Waals surface area contributed by atoms with E-state index < -0.39 is 44.5 Å². The largest absolute Gasteiger partial charge is 0.550 e. The van der Waals surface area contributed by atoms with Crippen molar-refractivity contribution < 1.29 is 23.2 Å². The summed E-state index contributed by atoms with van der Waals surface area (Å²) in [4.78, 5) is 19.5. The van der Waals surface area contributed by atoms with E-state index >= 15 is 0 Å². The van der Waals surface area contributed by atoms with Crippen molar-refractivity contribution in [2.24, 2.45) is 0 Å². The summed E-state index contributed by atoms with van der Waals surface area (Å²) in [6.45, 7) is -0.392. The molecule has 0 atom stereocenters. The Balaban J connectivity index is 2.98. The molecule has 1 rings (SSSR count). The van der Waals surface area contributed by atoms with Crippen LogP contribution in [-0.4, -0.2) is 25.9 Å². The van der Waals surface area contributed by atoms with Crippen molar-refractivity contribution in [3.63, 3.8) is 0 Å². The van der Waals surface area contributed by atoms with Crippen LogP contribution in [-0.2, 0) is 14.8 Å². The lowest BCUT2D eigenvalue weighted by Gasteiger charge is -2.07. The van der Waals surface area contributed by atoms with Gasteiger partial charge in [0.2, 0.25) is 10.0 Å². The third-order valence-corrected chi connectivity index (χ3v) is 3.48. The second kappa shape index (κ2) is 5.56. The first kappa shape index (κ1) is 14.1. The van der Waals surface area contributed by atoms with Crippen LogP contribution in [0, 0.1) is 10.1 Å². The van der Waals surface area contributed by atoms with Crippen molar-refractivity contribution >= 4 is 21.7 Å². The zero-order valence-electron chi connectivity index (χ0n) is 9.03. The Morgan fingerprint density at radius 2 is 1.94 bits per heavy atom. The standard InChI is InChI=1S/C9H10N2O6S/c12-9(13)5-6-10-18(16,17)8-4-2-1-3-7(8)11(14)15/h1-4,10H,5-6H2,(H,12,13)/p-1. The highest BCUT2D eigenvalue weighted by Gasteiger charge is 2.24. The van der Waals surface area contributed by atoms with Crippen molar-refractivity contribution in [2.75, 3.05) is 6.54 Å². The van der Waals surface area contributed by atoms with Gasteiger partial charge in [-0.05, 0) is 6.07 Å². The molecule has 1 aromatic rings. The summed E-state index contributed by atoms with van der Waals surface area (Å²) in [7, 11) is -4.11. The lowest BCUT2D eigenvalue weighted by Crippen LogP contribution is -2.31. The molecule has 98 valence electrons. The Morgan fingerprint density at radius 1 is 1.33 bits per heavy atom. The third kappa shape index (κ3) is 3.50. The van der Waals surface area contributed by atoms with Gasteiger partial charge >= 0.3 is 0 Å². The van der Waals surface area contributed by atoms with Crippen LogP contribution in [0.25, 0.3) is 0 Å². The molecule has 0 aliphatic rings. The van der Waals surface area contributed by atoms with Gasteiger partial charge in [0.25, 0.3) is 5.69 Å². The third-order valence-electron chi connectivity index (χ3n) is 1.97. The van der Waals surface area contributed by atoms with Crippen LogP contribution in [0.3, 0.4) is 0 Å². The van der Waals surface area contributed by atoms with Crippen LogP contribution in [0.4, 0.5) is 5.69 Å². The first-order valence-electron chi connectivity index (χ1n) is 4.77. The predicted molar refractivity (Wildman–Crippen MR) is 57.9 cm³/mol. The van der Waals surface area contributed by atoms with Crippen molar-refractivity contribution in [2.45, 2.75) is 11.3 Å². The molecule has 18 heavy (non-hydrogen) atoms. The number of hydrogen-bond acceptors (Lipinski definition) is 6. The van der Waals surface area contributed by atoms with E-state index in [1.807, 2.05) is 4.72 Å². The van der Waals surface area contributed by atoms with Crippen LogP contribution in [0.15, 0.2) is 29.2 Å². The first-order chi connectivity index (χ1) is 8.34. The highest BCUT2D eigenvalue weighted by molar-refractivity contribution is 7.89. The average Bonchev–Trinajstić information content (AvgIpc) is 2.28. The number of nitrogens with one attached hydrogen (secondary N) is 1. The lowest BCUT2D eigenvalue weighted by atomic mass is 10.3. The summed E-state index contributed by atoms with van der Waals surface area (Å²) in [6, 6.07) is 4.78. The molecule has 0 bridgehead atoms. The van der Waals surface area contributed by atoms with Gasteiger partial charge in [0.1, 0.15) is 0 Å². The molecule has 0 saturated heterocycles. The van der Waals surface area contributed by atoms with E-state index in [1.165, 1.54) is 12.1 Å². The number of aliphatic carboxylic acids is 1. The molecule has 0 aliphatic heterocycles. The summed E-state index contributed by atoms with van der Waals surface area (Å²) in [5.41, 5.74) is -0.571.